The minimum Gasteiger partial charge on any atom is -0.394 e. The second-order valence-corrected chi connectivity index (χ2v) is 14.9. The summed E-state index contributed by atoms with van der Waals surface area (Å²) in [4.78, 5) is 12.4. The lowest BCUT2D eigenvalue weighted by Gasteiger charge is -2.26. The summed E-state index contributed by atoms with van der Waals surface area (Å²) in [7, 11) is 0. The molecule has 0 rings (SSSR count). The predicted molar refractivity (Wildman–Crippen MR) is 213 cm³/mol. The summed E-state index contributed by atoms with van der Waals surface area (Å²) in [6.07, 6.45) is 47.1. The van der Waals surface area contributed by atoms with Crippen LogP contribution in [0.5, 0.6) is 0 Å². The van der Waals surface area contributed by atoms with Crippen LogP contribution in [-0.2, 0) is 4.79 Å². The monoisotopic (exact) mass is 692 g/mol. The van der Waals surface area contributed by atoms with Crippen LogP contribution in [0, 0.1) is 0 Å². The third-order valence-electron chi connectivity index (χ3n) is 10.0. The van der Waals surface area contributed by atoms with Crippen LogP contribution in [0.2, 0.25) is 0 Å². The summed E-state index contributed by atoms with van der Waals surface area (Å²) < 4.78 is 0. The van der Waals surface area contributed by atoms with Crippen molar-refractivity contribution in [2.24, 2.45) is 0 Å². The van der Waals surface area contributed by atoms with Gasteiger partial charge in [0.15, 0.2) is 0 Å². The molecule has 0 aliphatic carbocycles. The van der Waals surface area contributed by atoms with E-state index in [2.05, 4.69) is 43.5 Å². The van der Waals surface area contributed by atoms with Crippen molar-refractivity contribution in [3.63, 3.8) is 0 Å². The molecule has 0 aliphatic rings. The number of hydrogen-bond acceptors (Lipinski definition) is 4. The molecule has 3 atom stereocenters. The summed E-state index contributed by atoms with van der Waals surface area (Å²) in [5.74, 6) is -0.162. The van der Waals surface area contributed by atoms with Crippen molar-refractivity contribution in [2.45, 2.75) is 244 Å². The van der Waals surface area contributed by atoms with Crippen molar-refractivity contribution < 1.29 is 20.1 Å². The molecule has 290 valence electrons. The molecule has 0 aliphatic heterocycles. The number of nitrogens with one attached hydrogen (secondary N) is 1. The highest BCUT2D eigenvalue weighted by molar-refractivity contribution is 5.76. The highest BCUT2D eigenvalue weighted by atomic mass is 16.3. The maximum Gasteiger partial charge on any atom is 0.220 e. The van der Waals surface area contributed by atoms with Crippen molar-refractivity contribution in [2.75, 3.05) is 6.61 Å². The fraction of sp³-hybridized carbons (Fsp3) is 0.886. The lowest BCUT2D eigenvalue weighted by atomic mass is 10.0. The minimum absolute atomic E-state index is 0.162. The molecule has 0 radical (unpaired) electrons. The Bertz CT molecular complexity index is 724. The van der Waals surface area contributed by atoms with E-state index in [1.165, 1.54) is 154 Å². The summed E-state index contributed by atoms with van der Waals surface area (Å²) in [6.45, 7) is 4.17. The first-order chi connectivity index (χ1) is 24.1. The summed E-state index contributed by atoms with van der Waals surface area (Å²) in [5, 5.41) is 33.5. The molecule has 0 heterocycles. The Morgan fingerprint density at radius 3 is 1.18 bits per heavy atom. The van der Waals surface area contributed by atoms with Crippen molar-refractivity contribution >= 4 is 5.91 Å². The smallest absolute Gasteiger partial charge is 0.220 e. The van der Waals surface area contributed by atoms with E-state index in [4.69, 9.17) is 0 Å². The number of aliphatic hydroxyl groups is 3. The summed E-state index contributed by atoms with van der Waals surface area (Å²) in [6, 6.07) is -0.828. The molecule has 1 amide bonds. The molecule has 4 N–H and O–H groups in total. The summed E-state index contributed by atoms with van der Waals surface area (Å²) >= 11 is 0. The maximum absolute atomic E-state index is 12.4. The van der Waals surface area contributed by atoms with Gasteiger partial charge < -0.3 is 20.6 Å². The Kier molecular flexibility index (Phi) is 38.7. The van der Waals surface area contributed by atoms with Gasteiger partial charge in [-0.15, -0.1) is 0 Å². The fourth-order valence-corrected chi connectivity index (χ4v) is 6.63. The number of aliphatic hydroxyl groups excluding tert-OH is 3. The first-order valence-corrected chi connectivity index (χ1v) is 21.6. The maximum atomic E-state index is 12.4. The van der Waals surface area contributed by atoms with Crippen molar-refractivity contribution in [1.29, 1.82) is 0 Å². The molecule has 0 fully saturated rings. The topological polar surface area (TPSA) is 89.8 Å². The van der Waals surface area contributed by atoms with E-state index in [9.17, 15) is 20.1 Å². The van der Waals surface area contributed by atoms with E-state index >= 15 is 0 Å². The van der Waals surface area contributed by atoms with Gasteiger partial charge in [-0.05, 0) is 64.2 Å². The second kappa shape index (κ2) is 39.6. The van der Waals surface area contributed by atoms with E-state index in [1.54, 1.807) is 0 Å². The lowest BCUT2D eigenvalue weighted by molar-refractivity contribution is -0.124. The number of rotatable bonds is 39. The van der Waals surface area contributed by atoms with Gasteiger partial charge in [-0.25, -0.2) is 0 Å². The van der Waals surface area contributed by atoms with Gasteiger partial charge in [-0.2, -0.15) is 0 Å². The van der Waals surface area contributed by atoms with Gasteiger partial charge in [-0.1, -0.05) is 179 Å². The minimum atomic E-state index is -1.16. The van der Waals surface area contributed by atoms with Gasteiger partial charge in [0, 0.05) is 6.42 Å². The zero-order valence-electron chi connectivity index (χ0n) is 32.8. The zero-order valence-corrected chi connectivity index (χ0v) is 32.8. The van der Waals surface area contributed by atoms with Crippen LogP contribution in [-0.4, -0.2) is 46.1 Å². The first-order valence-electron chi connectivity index (χ1n) is 21.6. The molecule has 49 heavy (non-hydrogen) atoms. The molecular weight excluding hydrogens is 606 g/mol. The average molecular weight is 692 g/mol. The van der Waals surface area contributed by atoms with Crippen LogP contribution in [0.4, 0.5) is 0 Å². The van der Waals surface area contributed by atoms with E-state index in [1.807, 2.05) is 0 Å². The molecule has 0 saturated heterocycles. The molecule has 5 heteroatoms. The Balaban J connectivity index is 3.68. The van der Waals surface area contributed by atoms with E-state index in [0.717, 1.165) is 44.9 Å². The number of allylic oxidation sites excluding steroid dienone is 4. The van der Waals surface area contributed by atoms with Crippen LogP contribution in [0.3, 0.4) is 0 Å². The average Bonchev–Trinajstić information content (AvgIpc) is 3.10. The van der Waals surface area contributed by atoms with Gasteiger partial charge in [0.25, 0.3) is 0 Å². The Morgan fingerprint density at radius 2 is 0.816 bits per heavy atom. The highest BCUT2D eigenvalue weighted by Gasteiger charge is 2.26. The van der Waals surface area contributed by atoms with Crippen molar-refractivity contribution in [3.8, 4) is 0 Å². The van der Waals surface area contributed by atoms with Gasteiger partial charge in [0.05, 0.1) is 18.8 Å². The number of carbonyl (C=O) groups is 1. The highest BCUT2D eigenvalue weighted by Crippen LogP contribution is 2.15. The molecule has 0 bridgehead atoms. The number of unbranched alkanes of at least 4 members (excludes halogenated alkanes) is 27. The van der Waals surface area contributed by atoms with Gasteiger partial charge >= 0.3 is 0 Å². The van der Waals surface area contributed by atoms with E-state index in [0.29, 0.717) is 12.8 Å². The molecule has 0 spiro atoms. The van der Waals surface area contributed by atoms with Crippen LogP contribution < -0.4 is 5.32 Å². The molecule has 0 aromatic carbocycles. The Labute approximate surface area is 305 Å². The number of hydrogen-bond donors (Lipinski definition) is 4. The Hall–Kier alpha value is -1.17. The molecule has 0 aromatic heterocycles. The standard InChI is InChI=1S/C44H85NO4/c1-3-5-7-9-11-13-15-17-19-21-22-23-24-26-28-30-32-34-36-38-42(47)44(49)41(40-46)45-43(48)39-37-35-33-31-29-27-25-20-18-16-14-12-10-8-6-4-2/h20,25,30,32,41-42,44,46-47,49H,3-19,21-24,26-29,31,33-40H2,1-2H3,(H,45,48)/b25-20-,32-30+. The number of amides is 1. The third kappa shape index (κ3) is 35.0. The molecule has 0 saturated carbocycles. The van der Waals surface area contributed by atoms with Gasteiger partial charge in [0.1, 0.15) is 6.10 Å². The molecule has 0 aromatic rings. The zero-order chi connectivity index (χ0) is 35.9. The van der Waals surface area contributed by atoms with Gasteiger partial charge in [0.2, 0.25) is 5.91 Å². The summed E-state index contributed by atoms with van der Waals surface area (Å²) in [5.41, 5.74) is 0. The first kappa shape index (κ1) is 47.8. The fourth-order valence-electron chi connectivity index (χ4n) is 6.63. The van der Waals surface area contributed by atoms with Crippen LogP contribution >= 0.6 is 0 Å². The van der Waals surface area contributed by atoms with Crippen molar-refractivity contribution in [3.05, 3.63) is 24.3 Å². The quantitative estimate of drug-likeness (QED) is 0.0381. The molecule has 5 nitrogen and oxygen atoms in total. The largest absolute Gasteiger partial charge is 0.394 e. The molecular formula is C44H85NO4. The van der Waals surface area contributed by atoms with Crippen LogP contribution in [0.15, 0.2) is 24.3 Å². The van der Waals surface area contributed by atoms with Crippen LogP contribution in [0.25, 0.3) is 0 Å². The second-order valence-electron chi connectivity index (χ2n) is 14.9. The van der Waals surface area contributed by atoms with Crippen LogP contribution in [0.1, 0.15) is 226 Å². The molecule has 3 unspecified atom stereocenters. The number of carbonyl (C=O) groups excluding carboxylic acids is 1. The normalized spacial score (nSPS) is 13.8. The Morgan fingerprint density at radius 1 is 0.490 bits per heavy atom. The SMILES string of the molecule is CCCCCCCCC/C=C\CCCCCCCC(=O)NC(CO)C(O)C(O)CCC/C=C/CCCCCCCCCCCCCCCC. The van der Waals surface area contributed by atoms with Gasteiger partial charge in [-0.3, -0.25) is 4.79 Å². The third-order valence-corrected chi connectivity index (χ3v) is 10.0. The van der Waals surface area contributed by atoms with E-state index in [-0.39, 0.29) is 12.5 Å². The lowest BCUT2D eigenvalue weighted by Crippen LogP contribution is -2.50. The van der Waals surface area contributed by atoms with Crippen molar-refractivity contribution in [1.82, 2.24) is 5.32 Å². The predicted octanol–water partition coefficient (Wildman–Crippen LogP) is 12.2. The van der Waals surface area contributed by atoms with E-state index < -0.39 is 18.2 Å².